The van der Waals surface area contributed by atoms with E-state index in [4.69, 9.17) is 8.75 Å². The minimum absolute atomic E-state index is 0.0283. The summed E-state index contributed by atoms with van der Waals surface area (Å²) >= 11 is 1.39. The molecule has 0 atom stereocenters. The van der Waals surface area contributed by atoms with Crippen LogP contribution in [0.15, 0.2) is 84.9 Å². The number of benzene rings is 5. The van der Waals surface area contributed by atoms with Crippen molar-refractivity contribution < 1.29 is 0 Å². The van der Waals surface area contributed by atoms with E-state index in [0.717, 1.165) is 11.0 Å². The van der Waals surface area contributed by atoms with Crippen molar-refractivity contribution in [2.24, 2.45) is 0 Å². The summed E-state index contributed by atoms with van der Waals surface area (Å²) in [5.74, 6) is 0. The molecule has 6 aromatic rings. The van der Waals surface area contributed by atoms with Gasteiger partial charge in [0.15, 0.2) is 0 Å². The first kappa shape index (κ1) is 57.5. The fourth-order valence-corrected chi connectivity index (χ4v) is 16.6. The van der Waals surface area contributed by atoms with E-state index >= 15 is 0 Å². The van der Waals surface area contributed by atoms with Gasteiger partial charge in [-0.15, -0.1) is 0 Å². The zero-order chi connectivity index (χ0) is 53.1. The highest BCUT2D eigenvalue weighted by atomic mass is 32.1. The topological polar surface area (TPSA) is 25.8 Å². The first-order valence-electron chi connectivity index (χ1n) is 31.2. The third kappa shape index (κ3) is 12.9. The summed E-state index contributed by atoms with van der Waals surface area (Å²) in [4.78, 5) is 0. The second-order valence-corrected chi connectivity index (χ2v) is 36.6. The van der Waals surface area contributed by atoms with Crippen LogP contribution in [-0.4, -0.2) is 24.9 Å². The molecule has 2 nitrogen and oxygen atoms in total. The van der Waals surface area contributed by atoms with Gasteiger partial charge in [0.25, 0.3) is 0 Å². The lowest BCUT2D eigenvalue weighted by molar-refractivity contribution is 0.398. The lowest BCUT2D eigenvalue weighted by atomic mass is 9.70. The maximum Gasteiger partial charge on any atom is 0.113 e. The Labute approximate surface area is 464 Å². The van der Waals surface area contributed by atoms with Gasteiger partial charge in [-0.2, -0.15) is 8.75 Å². The van der Waals surface area contributed by atoms with Crippen LogP contribution in [0.3, 0.4) is 0 Å². The molecule has 0 radical (unpaired) electrons. The van der Waals surface area contributed by atoms with Crippen LogP contribution in [0.2, 0.25) is 39.3 Å². The quantitative estimate of drug-likeness (QED) is 0.0311. The molecule has 0 amide bonds. The molecule has 8 rings (SSSR count). The summed E-state index contributed by atoms with van der Waals surface area (Å²) in [6, 6.07) is 35.4. The molecule has 0 bridgehead atoms. The molecule has 0 spiro atoms. The molecule has 1 heterocycles. The van der Waals surface area contributed by atoms with Crippen molar-refractivity contribution in [1.82, 2.24) is 8.75 Å². The molecule has 2 aliphatic rings. The van der Waals surface area contributed by atoms with Gasteiger partial charge >= 0.3 is 0 Å². The number of nitrogens with zero attached hydrogens (tertiary/aromatic N) is 2. The van der Waals surface area contributed by atoms with E-state index in [2.05, 4.69) is 152 Å². The molecular weight excluding hydrogens is 957 g/mol. The van der Waals surface area contributed by atoms with E-state index in [9.17, 15) is 0 Å². The summed E-state index contributed by atoms with van der Waals surface area (Å²) < 4.78 is 10.4. The fraction of sp³-hybridized carbons (Fsp3) is 0.571. The smallest absolute Gasteiger partial charge is 0.113 e. The number of rotatable bonds is 32. The van der Waals surface area contributed by atoms with Crippen molar-refractivity contribution in [1.29, 1.82) is 0 Å². The molecule has 0 N–H and O–H groups in total. The summed E-state index contributed by atoms with van der Waals surface area (Å²) in [6.07, 6.45) is 36.9. The fourth-order valence-electron chi connectivity index (χ4n) is 13.7. The Balaban J connectivity index is 1.20. The van der Waals surface area contributed by atoms with Gasteiger partial charge in [-0.3, -0.25) is 0 Å². The van der Waals surface area contributed by atoms with Gasteiger partial charge in [0.05, 0.1) is 27.9 Å². The SMILES string of the molecule is CCCCCCCCC1(CCCCCCCC)c2cc(-c3ccc(-c4ccc5c(c4)C(CCCCCCCC)(CCCCCCCC)c4cc([Si](C)(C)C)ccc4-5)c4nsnc34)ccc2-c2ccc([Si](C)(C)C)cc21. The van der Waals surface area contributed by atoms with Gasteiger partial charge < -0.3 is 0 Å². The van der Waals surface area contributed by atoms with Gasteiger partial charge in [-0.25, -0.2) is 0 Å². The Morgan fingerprint density at radius 3 is 0.893 bits per heavy atom. The van der Waals surface area contributed by atoms with E-state index in [-0.39, 0.29) is 10.8 Å². The van der Waals surface area contributed by atoms with Crippen LogP contribution in [0, 0.1) is 0 Å². The van der Waals surface area contributed by atoms with Crippen molar-refractivity contribution in [3.63, 3.8) is 0 Å². The van der Waals surface area contributed by atoms with Crippen LogP contribution < -0.4 is 10.4 Å². The summed E-state index contributed by atoms with van der Waals surface area (Å²) in [6.45, 7) is 24.5. The molecular formula is C70H100N2SSi2. The molecule has 5 heteroatoms. The third-order valence-electron chi connectivity index (χ3n) is 18.3. The van der Waals surface area contributed by atoms with E-state index in [1.165, 1.54) is 236 Å². The standard InChI is InChI=1S/C70H100N2SSi2/c1-11-15-19-23-27-31-45-69(46-32-28-24-20-16-12-2)63-49-53(35-39-59(63)61-41-37-55(51-65(61)69)74(5,6)7)57-43-44-58(68-67(57)71-73-72-68)54-36-40-60-62-42-38-56(75(8,9)10)52-66(62)70(64(60)50-54,47-33-29-25-21-17-13-3)48-34-30-26-22-18-14-4/h35-44,49-52H,11-34,45-48H2,1-10H3. The largest absolute Gasteiger partial charge is 0.172 e. The average Bonchev–Trinajstić information content (AvgIpc) is 4.09. The third-order valence-corrected chi connectivity index (χ3v) is 22.9. The van der Waals surface area contributed by atoms with E-state index in [0.29, 0.717) is 0 Å². The molecule has 5 aromatic carbocycles. The number of fused-ring (bicyclic) bond motifs is 7. The van der Waals surface area contributed by atoms with E-state index in [1.54, 1.807) is 32.6 Å². The minimum atomic E-state index is -1.55. The maximum absolute atomic E-state index is 5.21. The first-order chi connectivity index (χ1) is 36.3. The first-order valence-corrected chi connectivity index (χ1v) is 38.9. The van der Waals surface area contributed by atoms with Crippen molar-refractivity contribution in [3.05, 3.63) is 107 Å². The predicted octanol–water partition coefficient (Wildman–Crippen LogP) is 21.7. The second-order valence-electron chi connectivity index (χ2n) is 25.9. The molecule has 0 saturated carbocycles. The zero-order valence-corrected chi connectivity index (χ0v) is 52.0. The highest BCUT2D eigenvalue weighted by Crippen LogP contribution is 2.57. The van der Waals surface area contributed by atoms with Crippen molar-refractivity contribution in [2.75, 3.05) is 0 Å². The number of aromatic nitrogens is 2. The van der Waals surface area contributed by atoms with Crippen LogP contribution in [0.1, 0.15) is 230 Å². The Morgan fingerprint density at radius 2 is 0.587 bits per heavy atom. The summed E-state index contributed by atoms with van der Waals surface area (Å²) in [5, 5.41) is 3.20. The van der Waals surface area contributed by atoms with Gasteiger partial charge in [-0.05, 0) is 93.5 Å². The number of hydrogen-bond donors (Lipinski definition) is 0. The molecule has 0 unspecified atom stereocenters. The molecule has 404 valence electrons. The van der Waals surface area contributed by atoms with Gasteiger partial charge in [-0.1, -0.05) is 304 Å². The van der Waals surface area contributed by atoms with Crippen molar-refractivity contribution >= 4 is 49.3 Å². The summed E-state index contributed by atoms with van der Waals surface area (Å²) in [7, 11) is -3.09. The number of hydrogen-bond acceptors (Lipinski definition) is 3. The molecule has 0 saturated heterocycles. The Kier molecular flexibility index (Phi) is 20.2. The van der Waals surface area contributed by atoms with E-state index in [1.807, 2.05) is 0 Å². The Morgan fingerprint density at radius 1 is 0.320 bits per heavy atom. The monoisotopic (exact) mass is 1060 g/mol. The van der Waals surface area contributed by atoms with E-state index < -0.39 is 16.1 Å². The van der Waals surface area contributed by atoms with Crippen molar-refractivity contribution in [3.8, 4) is 44.5 Å². The molecule has 1 aromatic heterocycles. The minimum Gasteiger partial charge on any atom is -0.172 e. The molecule has 2 aliphatic carbocycles. The highest BCUT2D eigenvalue weighted by Gasteiger charge is 2.45. The lowest BCUT2D eigenvalue weighted by Crippen LogP contribution is -2.38. The predicted molar refractivity (Wildman–Crippen MR) is 339 cm³/mol. The molecule has 0 fully saturated rings. The van der Waals surface area contributed by atoms with Gasteiger partial charge in [0.1, 0.15) is 11.0 Å². The van der Waals surface area contributed by atoms with Crippen LogP contribution in [0.5, 0.6) is 0 Å². The molecule has 0 aliphatic heterocycles. The van der Waals surface area contributed by atoms with Crippen LogP contribution in [0.4, 0.5) is 0 Å². The Hall–Kier alpha value is -3.65. The van der Waals surface area contributed by atoms with Crippen LogP contribution in [-0.2, 0) is 10.8 Å². The van der Waals surface area contributed by atoms with Gasteiger partial charge in [0, 0.05) is 22.0 Å². The lowest BCUT2D eigenvalue weighted by Gasteiger charge is -2.34. The normalized spacial score (nSPS) is 14.4. The maximum atomic E-state index is 5.21. The number of unbranched alkanes of at least 4 members (excludes halogenated alkanes) is 20. The Bertz CT molecular complexity index is 2560. The zero-order valence-electron chi connectivity index (χ0n) is 49.2. The second kappa shape index (κ2) is 26.3. The van der Waals surface area contributed by atoms with Crippen LogP contribution >= 0.6 is 11.7 Å². The average molecular weight is 1060 g/mol. The van der Waals surface area contributed by atoms with Crippen LogP contribution in [0.25, 0.3) is 55.5 Å². The van der Waals surface area contributed by atoms with Crippen molar-refractivity contribution in [2.45, 2.75) is 258 Å². The molecule has 75 heavy (non-hydrogen) atoms. The highest BCUT2D eigenvalue weighted by molar-refractivity contribution is 7.00. The van der Waals surface area contributed by atoms with Gasteiger partial charge in [0.2, 0.25) is 0 Å². The summed E-state index contributed by atoms with van der Waals surface area (Å²) in [5.41, 5.74) is 19.6.